The fourth-order valence-corrected chi connectivity index (χ4v) is 3.74. The van der Waals surface area contributed by atoms with Gasteiger partial charge in [0.15, 0.2) is 8.32 Å². The Labute approximate surface area is 78.8 Å². The van der Waals surface area contributed by atoms with Crippen LogP contribution in [-0.2, 0) is 4.43 Å². The van der Waals surface area contributed by atoms with Crippen molar-refractivity contribution in [3.05, 3.63) is 0 Å². The normalized spacial score (nSPS) is 16.8. The van der Waals surface area contributed by atoms with Crippen LogP contribution in [0, 0.1) is 0 Å². The van der Waals surface area contributed by atoms with Crippen LogP contribution in [0.4, 0.5) is 0 Å². The molecule has 0 rings (SSSR count). The summed E-state index contributed by atoms with van der Waals surface area (Å²) in [6.07, 6.45) is 1.32. The fourth-order valence-electron chi connectivity index (χ4n) is 0.864. The summed E-state index contributed by atoms with van der Waals surface area (Å²) in [4.78, 5) is 0. The zero-order valence-corrected chi connectivity index (χ0v) is 10.3. The molecule has 1 unspecified atom stereocenters. The van der Waals surface area contributed by atoms with Crippen LogP contribution < -0.4 is 0 Å². The van der Waals surface area contributed by atoms with Crippen LogP contribution in [0.15, 0.2) is 0 Å². The predicted octanol–water partition coefficient (Wildman–Crippen LogP) is 3.05. The highest BCUT2D eigenvalue weighted by atomic mass is 127. The summed E-state index contributed by atoms with van der Waals surface area (Å²) in [5, 5.41) is 0. The smallest absolute Gasteiger partial charge is 0.189 e. The average Bonchev–Trinajstić information content (AvgIpc) is 2.00. The number of alkyl halides is 1. The van der Waals surface area contributed by atoms with Gasteiger partial charge < -0.3 is 4.43 Å². The molecule has 10 heavy (non-hydrogen) atoms. The topological polar surface area (TPSA) is 9.23 Å². The molecule has 0 aliphatic carbocycles. The molecule has 0 aromatic rings. The maximum absolute atomic E-state index is 5.52. The summed E-state index contributed by atoms with van der Waals surface area (Å²) >= 11 is 2.43. The molecule has 0 aliphatic heterocycles. The van der Waals surface area contributed by atoms with Crippen molar-refractivity contribution in [1.29, 1.82) is 0 Å². The largest absolute Gasteiger partial charge is 0.420 e. The number of halogens is 1. The Hall–Kier alpha value is 0.907. The lowest BCUT2D eigenvalue weighted by Crippen LogP contribution is -2.31. The maximum Gasteiger partial charge on any atom is 0.189 e. The van der Waals surface area contributed by atoms with Crippen molar-refractivity contribution in [3.63, 3.8) is 0 Å². The van der Waals surface area contributed by atoms with E-state index in [0.717, 1.165) is 0 Å². The summed E-state index contributed by atoms with van der Waals surface area (Å²) in [5.74, 6) is 0. The third-order valence-electron chi connectivity index (χ3n) is 2.08. The first kappa shape index (κ1) is 10.9. The van der Waals surface area contributed by atoms with Crippen molar-refractivity contribution in [2.75, 3.05) is 11.5 Å². The minimum absolute atomic E-state index is 1.22. The monoisotopic (exact) mass is 272 g/mol. The molecule has 0 fully saturated rings. The van der Waals surface area contributed by atoms with E-state index < -0.39 is 8.32 Å². The Morgan fingerprint density at radius 3 is 2.40 bits per heavy atom. The van der Waals surface area contributed by atoms with E-state index in [1.54, 1.807) is 0 Å². The van der Waals surface area contributed by atoms with Gasteiger partial charge in [0.05, 0.1) is 0 Å². The molecular weight excluding hydrogens is 255 g/mol. The molecule has 0 N–H and O–H groups in total. The van der Waals surface area contributed by atoms with E-state index in [-0.39, 0.29) is 0 Å². The Morgan fingerprint density at radius 1 is 1.50 bits per heavy atom. The van der Waals surface area contributed by atoms with Gasteiger partial charge in [0.2, 0.25) is 0 Å². The lowest BCUT2D eigenvalue weighted by Gasteiger charge is -2.22. The van der Waals surface area contributed by atoms with Crippen LogP contribution in [-0.4, -0.2) is 19.9 Å². The van der Waals surface area contributed by atoms with Crippen molar-refractivity contribution < 1.29 is 4.43 Å². The maximum atomic E-state index is 5.52. The molecule has 0 saturated heterocycles. The van der Waals surface area contributed by atoms with Gasteiger partial charge in [-0.2, -0.15) is 0 Å². The second-order valence-electron chi connectivity index (χ2n) is 2.80. The highest BCUT2D eigenvalue weighted by Crippen LogP contribution is 2.18. The van der Waals surface area contributed by atoms with E-state index in [1.807, 2.05) is 7.11 Å². The molecule has 0 radical (unpaired) electrons. The summed E-state index contributed by atoms with van der Waals surface area (Å²) in [5.41, 5.74) is 0. The lowest BCUT2D eigenvalue weighted by molar-refractivity contribution is 0.397. The lowest BCUT2D eigenvalue weighted by atomic mass is 10.6. The summed E-state index contributed by atoms with van der Waals surface area (Å²) in [6.45, 7) is 4.56. The number of hydrogen-bond acceptors (Lipinski definition) is 1. The third-order valence-corrected chi connectivity index (χ3v) is 6.74. The van der Waals surface area contributed by atoms with Crippen LogP contribution in [0.5, 0.6) is 0 Å². The molecule has 0 heterocycles. The van der Waals surface area contributed by atoms with Crippen LogP contribution in [0.2, 0.25) is 18.6 Å². The van der Waals surface area contributed by atoms with Crippen LogP contribution in [0.3, 0.4) is 0 Å². The average molecular weight is 272 g/mol. The molecule has 3 heteroatoms. The van der Waals surface area contributed by atoms with E-state index in [9.17, 15) is 0 Å². The molecule has 0 aliphatic rings. The highest BCUT2D eigenvalue weighted by molar-refractivity contribution is 14.1. The first-order valence-corrected chi connectivity index (χ1v) is 8.14. The zero-order valence-electron chi connectivity index (χ0n) is 7.11. The van der Waals surface area contributed by atoms with Gasteiger partial charge in [-0.1, -0.05) is 29.5 Å². The highest BCUT2D eigenvalue weighted by Gasteiger charge is 2.23. The quantitative estimate of drug-likeness (QED) is 0.424. The summed E-state index contributed by atoms with van der Waals surface area (Å²) < 4.78 is 6.79. The Balaban J connectivity index is 3.58. The van der Waals surface area contributed by atoms with E-state index in [1.165, 1.54) is 22.9 Å². The van der Waals surface area contributed by atoms with Gasteiger partial charge in [-0.3, -0.25) is 0 Å². The molecule has 62 valence electrons. The van der Waals surface area contributed by atoms with Crippen molar-refractivity contribution >= 4 is 30.9 Å². The van der Waals surface area contributed by atoms with Gasteiger partial charge in [-0.15, -0.1) is 0 Å². The van der Waals surface area contributed by atoms with Crippen LogP contribution in [0.25, 0.3) is 0 Å². The van der Waals surface area contributed by atoms with Gasteiger partial charge in [0, 0.05) is 7.11 Å². The molecule has 0 aromatic heterocycles. The third kappa shape index (κ3) is 3.93. The molecular formula is C7H17IOSi. The second-order valence-corrected chi connectivity index (χ2v) is 8.39. The predicted molar refractivity (Wildman–Crippen MR) is 57.4 cm³/mol. The molecule has 0 bridgehead atoms. The number of rotatable bonds is 5. The van der Waals surface area contributed by atoms with Gasteiger partial charge in [0.25, 0.3) is 0 Å². The van der Waals surface area contributed by atoms with Gasteiger partial charge in [0.1, 0.15) is 0 Å². The van der Waals surface area contributed by atoms with Crippen molar-refractivity contribution in [1.82, 2.24) is 0 Å². The minimum atomic E-state index is -1.22. The summed E-state index contributed by atoms with van der Waals surface area (Å²) in [6, 6.07) is 2.57. The first-order valence-electron chi connectivity index (χ1n) is 3.79. The van der Waals surface area contributed by atoms with Gasteiger partial charge in [-0.25, -0.2) is 0 Å². The zero-order chi connectivity index (χ0) is 8.04. The fraction of sp³-hybridized carbons (Fsp3) is 1.00. The van der Waals surface area contributed by atoms with Crippen molar-refractivity contribution in [2.45, 2.75) is 32.0 Å². The number of hydrogen-bond donors (Lipinski definition) is 0. The Bertz CT molecular complexity index is 83.7. The van der Waals surface area contributed by atoms with Gasteiger partial charge in [-0.05, 0) is 29.5 Å². The minimum Gasteiger partial charge on any atom is -0.420 e. The SMILES string of the molecule is CC[Si](C)(CCCI)OC. The summed E-state index contributed by atoms with van der Waals surface area (Å²) in [7, 11) is 0.641. The Morgan fingerprint density at radius 2 is 2.10 bits per heavy atom. The van der Waals surface area contributed by atoms with E-state index >= 15 is 0 Å². The second kappa shape index (κ2) is 5.54. The molecule has 0 amide bonds. The van der Waals surface area contributed by atoms with E-state index in [2.05, 4.69) is 36.1 Å². The van der Waals surface area contributed by atoms with Crippen molar-refractivity contribution in [2.24, 2.45) is 0 Å². The van der Waals surface area contributed by atoms with E-state index in [0.29, 0.717) is 0 Å². The van der Waals surface area contributed by atoms with Crippen LogP contribution >= 0.6 is 22.6 Å². The van der Waals surface area contributed by atoms with Gasteiger partial charge >= 0.3 is 0 Å². The first-order chi connectivity index (χ1) is 4.68. The molecule has 1 nitrogen and oxygen atoms in total. The molecule has 0 spiro atoms. The Kier molecular flexibility index (Phi) is 6.05. The van der Waals surface area contributed by atoms with Crippen molar-refractivity contribution in [3.8, 4) is 0 Å². The molecule has 1 atom stereocenters. The molecule has 0 saturated carbocycles. The molecule has 0 aromatic carbocycles. The van der Waals surface area contributed by atoms with E-state index in [4.69, 9.17) is 4.43 Å². The standard InChI is InChI=1S/C7H17IOSi/c1-4-10(3,9-2)7-5-6-8/h4-7H2,1-3H3. The van der Waals surface area contributed by atoms with Crippen LogP contribution in [0.1, 0.15) is 13.3 Å².